The molecule has 1 unspecified atom stereocenters. The Balaban J connectivity index is 0.00000169. The SMILES string of the molecule is CC1(C)CCC[C@@]2(C)C1CC[C@]1(C)OC3=CC(=O)CCC3=C[C@H]21.[HH]. The summed E-state index contributed by atoms with van der Waals surface area (Å²) in [6, 6.07) is 0. The van der Waals surface area contributed by atoms with Crippen LogP contribution in [0.15, 0.2) is 23.5 Å². The minimum atomic E-state index is -0.133. The standard InChI is InChI=1S/C21H30O2.H2/c1-19(2)9-5-10-20(3)17(19)8-11-21(4)18(20)12-14-6-7-15(22)13-16(14)23-21;/h12-13,17-18H,5-11H2,1-4H3;1H/t17?,18-,20+,21+;/m1./s1. The summed E-state index contributed by atoms with van der Waals surface area (Å²) in [6.07, 6.45) is 12.1. The molecule has 2 saturated carbocycles. The highest BCUT2D eigenvalue weighted by atomic mass is 16.5. The molecule has 4 aliphatic rings. The molecule has 128 valence electrons. The molecule has 2 nitrogen and oxygen atoms in total. The van der Waals surface area contributed by atoms with Gasteiger partial charge in [0.1, 0.15) is 11.4 Å². The average molecular weight is 316 g/mol. The monoisotopic (exact) mass is 316 g/mol. The summed E-state index contributed by atoms with van der Waals surface area (Å²) in [5.41, 5.74) is 1.92. The van der Waals surface area contributed by atoms with E-state index in [9.17, 15) is 4.79 Å². The van der Waals surface area contributed by atoms with Crippen molar-refractivity contribution >= 4 is 5.78 Å². The van der Waals surface area contributed by atoms with Crippen molar-refractivity contribution in [2.45, 2.75) is 78.2 Å². The fraction of sp³-hybridized carbons (Fsp3) is 0.762. The van der Waals surface area contributed by atoms with E-state index < -0.39 is 0 Å². The summed E-state index contributed by atoms with van der Waals surface area (Å²) in [7, 11) is 0. The maximum Gasteiger partial charge on any atom is 0.159 e. The molecule has 0 bridgehead atoms. The molecule has 0 spiro atoms. The van der Waals surface area contributed by atoms with Crippen LogP contribution in [-0.2, 0) is 9.53 Å². The van der Waals surface area contributed by atoms with Crippen molar-refractivity contribution in [1.29, 1.82) is 0 Å². The third kappa shape index (κ3) is 2.16. The Morgan fingerprint density at radius 1 is 1.13 bits per heavy atom. The van der Waals surface area contributed by atoms with Gasteiger partial charge in [-0.3, -0.25) is 4.79 Å². The number of ether oxygens (including phenoxy) is 1. The van der Waals surface area contributed by atoms with E-state index >= 15 is 0 Å². The van der Waals surface area contributed by atoms with Crippen molar-refractivity contribution < 1.29 is 11.0 Å². The summed E-state index contributed by atoms with van der Waals surface area (Å²) >= 11 is 0. The van der Waals surface area contributed by atoms with E-state index in [2.05, 4.69) is 33.8 Å². The van der Waals surface area contributed by atoms with Gasteiger partial charge >= 0.3 is 0 Å². The van der Waals surface area contributed by atoms with Crippen LogP contribution in [0.4, 0.5) is 0 Å². The first kappa shape index (κ1) is 15.5. The number of allylic oxidation sites excluding steroid dienone is 2. The van der Waals surface area contributed by atoms with Crippen LogP contribution in [0.2, 0.25) is 0 Å². The van der Waals surface area contributed by atoms with E-state index in [1.54, 1.807) is 6.08 Å². The molecule has 0 saturated heterocycles. The van der Waals surface area contributed by atoms with Crippen LogP contribution in [0, 0.1) is 22.7 Å². The summed E-state index contributed by atoms with van der Waals surface area (Å²) < 4.78 is 6.51. The lowest BCUT2D eigenvalue weighted by molar-refractivity contribution is -0.163. The second kappa shape index (κ2) is 4.74. The van der Waals surface area contributed by atoms with Gasteiger partial charge in [-0.05, 0) is 61.3 Å². The van der Waals surface area contributed by atoms with Crippen molar-refractivity contribution in [2.24, 2.45) is 22.7 Å². The van der Waals surface area contributed by atoms with Gasteiger partial charge in [0.2, 0.25) is 0 Å². The number of ketones is 1. The first-order valence-corrected chi connectivity index (χ1v) is 9.39. The van der Waals surface area contributed by atoms with Crippen LogP contribution < -0.4 is 0 Å². The van der Waals surface area contributed by atoms with E-state index in [-0.39, 0.29) is 12.8 Å². The number of rotatable bonds is 0. The minimum absolute atomic E-state index is 0. The molecule has 23 heavy (non-hydrogen) atoms. The zero-order valence-electron chi connectivity index (χ0n) is 15.1. The smallest absolute Gasteiger partial charge is 0.159 e. The normalized spacial score (nSPS) is 45.0. The molecule has 0 aromatic heterocycles. The number of fused-ring (bicyclic) bond motifs is 4. The highest BCUT2D eigenvalue weighted by Crippen LogP contribution is 2.64. The van der Waals surface area contributed by atoms with Gasteiger partial charge in [-0.25, -0.2) is 0 Å². The maximum atomic E-state index is 11.8. The van der Waals surface area contributed by atoms with E-state index in [0.29, 0.717) is 23.2 Å². The molecule has 3 aliphatic carbocycles. The Bertz CT molecular complexity index is 617. The van der Waals surface area contributed by atoms with Crippen LogP contribution in [0.25, 0.3) is 0 Å². The van der Waals surface area contributed by atoms with Gasteiger partial charge in [-0.2, -0.15) is 0 Å². The molecule has 0 aromatic carbocycles. The molecular weight excluding hydrogens is 284 g/mol. The van der Waals surface area contributed by atoms with Crippen molar-refractivity contribution in [3.63, 3.8) is 0 Å². The van der Waals surface area contributed by atoms with E-state index in [1.165, 1.54) is 31.3 Å². The van der Waals surface area contributed by atoms with Gasteiger partial charge in [-0.1, -0.05) is 33.3 Å². The van der Waals surface area contributed by atoms with Crippen molar-refractivity contribution in [1.82, 2.24) is 0 Å². The second-order valence-electron chi connectivity index (χ2n) is 9.50. The van der Waals surface area contributed by atoms with Crippen LogP contribution in [0.5, 0.6) is 0 Å². The maximum absolute atomic E-state index is 11.8. The number of carbonyl (C=O) groups is 1. The lowest BCUT2D eigenvalue weighted by atomic mass is 9.45. The minimum Gasteiger partial charge on any atom is -0.487 e. The molecule has 0 N–H and O–H groups in total. The first-order chi connectivity index (χ1) is 10.7. The summed E-state index contributed by atoms with van der Waals surface area (Å²) in [5, 5.41) is 0. The zero-order chi connectivity index (χ0) is 16.5. The van der Waals surface area contributed by atoms with Crippen LogP contribution in [0.1, 0.15) is 74.1 Å². The van der Waals surface area contributed by atoms with Crippen LogP contribution >= 0.6 is 0 Å². The average Bonchev–Trinajstić information content (AvgIpc) is 2.44. The van der Waals surface area contributed by atoms with E-state index in [1.807, 2.05) is 0 Å². The lowest BCUT2D eigenvalue weighted by Gasteiger charge is -2.62. The molecule has 0 aromatic rings. The number of carbonyl (C=O) groups excluding carboxylic acids is 1. The molecule has 4 atom stereocenters. The number of hydrogen-bond acceptors (Lipinski definition) is 2. The third-order valence-electron chi connectivity index (χ3n) is 7.53. The van der Waals surface area contributed by atoms with Crippen LogP contribution in [0.3, 0.4) is 0 Å². The van der Waals surface area contributed by atoms with Crippen molar-refractivity contribution in [3.05, 3.63) is 23.5 Å². The summed E-state index contributed by atoms with van der Waals surface area (Å²) in [5.74, 6) is 2.35. The fourth-order valence-corrected chi connectivity index (χ4v) is 6.43. The van der Waals surface area contributed by atoms with Gasteiger partial charge in [-0.15, -0.1) is 0 Å². The molecule has 1 aliphatic heterocycles. The number of hydrogen-bond donors (Lipinski definition) is 0. The second-order valence-corrected chi connectivity index (χ2v) is 9.50. The van der Waals surface area contributed by atoms with Gasteiger partial charge in [0.15, 0.2) is 5.78 Å². The molecule has 0 amide bonds. The predicted octanol–water partition coefficient (Wildman–Crippen LogP) is 5.44. The van der Waals surface area contributed by atoms with Gasteiger partial charge in [0.05, 0.1) is 0 Å². The van der Waals surface area contributed by atoms with Crippen molar-refractivity contribution in [3.8, 4) is 0 Å². The summed E-state index contributed by atoms with van der Waals surface area (Å²) in [4.78, 5) is 11.8. The third-order valence-corrected chi connectivity index (χ3v) is 7.53. The Morgan fingerprint density at radius 2 is 1.91 bits per heavy atom. The zero-order valence-corrected chi connectivity index (χ0v) is 15.1. The highest BCUT2D eigenvalue weighted by Gasteiger charge is 2.60. The topological polar surface area (TPSA) is 26.3 Å². The van der Waals surface area contributed by atoms with E-state index in [4.69, 9.17) is 4.74 Å². The van der Waals surface area contributed by atoms with Crippen LogP contribution in [-0.4, -0.2) is 11.4 Å². The molecule has 1 heterocycles. The first-order valence-electron chi connectivity index (χ1n) is 9.39. The molecule has 0 radical (unpaired) electrons. The van der Waals surface area contributed by atoms with E-state index in [0.717, 1.165) is 24.5 Å². The predicted molar refractivity (Wildman–Crippen MR) is 94.0 cm³/mol. The fourth-order valence-electron chi connectivity index (χ4n) is 6.43. The Labute approximate surface area is 141 Å². The molecule has 2 heteroatoms. The molecule has 2 fully saturated rings. The summed E-state index contributed by atoms with van der Waals surface area (Å²) in [6.45, 7) is 9.75. The Kier molecular flexibility index (Phi) is 3.19. The van der Waals surface area contributed by atoms with Gasteiger partial charge in [0.25, 0.3) is 0 Å². The Morgan fingerprint density at radius 3 is 2.70 bits per heavy atom. The molecule has 4 rings (SSSR count). The Hall–Kier alpha value is -1.05. The van der Waals surface area contributed by atoms with Gasteiger partial charge < -0.3 is 4.74 Å². The largest absolute Gasteiger partial charge is 0.487 e. The van der Waals surface area contributed by atoms with Gasteiger partial charge in [0, 0.05) is 19.8 Å². The quantitative estimate of drug-likeness (QED) is 0.595. The molecular formula is C21H32O2. The highest BCUT2D eigenvalue weighted by molar-refractivity contribution is 5.92. The lowest BCUT2D eigenvalue weighted by Crippen LogP contribution is -2.58. The van der Waals surface area contributed by atoms with Crippen molar-refractivity contribution in [2.75, 3.05) is 0 Å².